The average Bonchev–Trinajstić information content (AvgIpc) is 2.72. The van der Waals surface area contributed by atoms with Crippen molar-refractivity contribution in [2.75, 3.05) is 15.9 Å². The number of hydrogen-bond donors (Lipinski definition) is 1. The smallest absolute Gasteiger partial charge is 0.247 e. The number of benzene rings is 3. The Labute approximate surface area is 191 Å². The van der Waals surface area contributed by atoms with Gasteiger partial charge in [0.25, 0.3) is 0 Å². The zero-order chi connectivity index (χ0) is 22.6. The Morgan fingerprint density at radius 2 is 1.61 bits per heavy atom. The molecule has 3 rings (SSSR count). The molecule has 3 aromatic rings. The molecule has 8 heteroatoms. The number of sulfonamides is 1. The van der Waals surface area contributed by atoms with E-state index >= 15 is 0 Å². The van der Waals surface area contributed by atoms with Crippen molar-refractivity contribution in [1.82, 2.24) is 0 Å². The van der Waals surface area contributed by atoms with Gasteiger partial charge in [0.05, 0.1) is 11.9 Å². The third kappa shape index (κ3) is 5.86. The van der Waals surface area contributed by atoms with Gasteiger partial charge in [-0.3, -0.25) is 9.10 Å². The Bertz CT molecular complexity index is 1170. The van der Waals surface area contributed by atoms with Crippen LogP contribution >= 0.6 is 15.9 Å². The largest absolute Gasteiger partial charge is 0.457 e. The highest BCUT2D eigenvalue weighted by atomic mass is 79.9. The molecule has 1 amide bonds. The molecular formula is C23H23BrN2O4S. The van der Waals surface area contributed by atoms with Crippen molar-refractivity contribution in [2.24, 2.45) is 0 Å². The number of amides is 1. The van der Waals surface area contributed by atoms with Crippen molar-refractivity contribution < 1.29 is 17.9 Å². The minimum absolute atomic E-state index is 0.373. The number of carbonyl (C=O) groups is 1. The third-order valence-electron chi connectivity index (χ3n) is 4.58. The summed E-state index contributed by atoms with van der Waals surface area (Å²) >= 11 is 3.42. The molecule has 0 spiro atoms. The maximum Gasteiger partial charge on any atom is 0.247 e. The van der Waals surface area contributed by atoms with E-state index in [4.69, 9.17) is 4.74 Å². The van der Waals surface area contributed by atoms with Crippen LogP contribution in [-0.2, 0) is 14.8 Å². The van der Waals surface area contributed by atoms with E-state index in [-0.39, 0.29) is 0 Å². The van der Waals surface area contributed by atoms with Crippen molar-refractivity contribution >= 4 is 43.2 Å². The number of hydrogen-bond acceptors (Lipinski definition) is 4. The van der Waals surface area contributed by atoms with E-state index in [1.807, 2.05) is 49.4 Å². The summed E-state index contributed by atoms with van der Waals surface area (Å²) in [4.78, 5) is 12.8. The molecule has 1 atom stereocenters. The fourth-order valence-corrected chi connectivity index (χ4v) is 4.49. The summed E-state index contributed by atoms with van der Waals surface area (Å²) in [6.07, 6.45) is 1.08. The molecule has 1 N–H and O–H groups in total. The Morgan fingerprint density at radius 1 is 1.00 bits per heavy atom. The van der Waals surface area contributed by atoms with Crippen molar-refractivity contribution in [2.45, 2.75) is 19.9 Å². The third-order valence-corrected chi connectivity index (χ3v) is 6.72. The SMILES string of the molecule is Cc1cc(NC(=O)[C@H](C)N(c2ccc(Oc3ccccc3)cc2)S(C)(=O)=O)ccc1Br. The first-order valence-corrected chi connectivity index (χ1v) is 12.2. The fourth-order valence-electron chi connectivity index (χ4n) is 3.06. The topological polar surface area (TPSA) is 75.7 Å². The Morgan fingerprint density at radius 3 is 2.19 bits per heavy atom. The second-order valence-corrected chi connectivity index (χ2v) is 9.81. The van der Waals surface area contributed by atoms with Crippen LogP contribution in [0, 0.1) is 6.92 Å². The standard InChI is InChI=1S/C23H23BrN2O4S/c1-16-15-18(9-14-22(16)24)25-23(27)17(2)26(31(3,28)29)19-10-12-21(13-11-19)30-20-7-5-4-6-8-20/h4-15,17H,1-3H3,(H,25,27)/t17-/m0/s1. The maximum atomic E-state index is 12.8. The van der Waals surface area contributed by atoms with Gasteiger partial charge in [0.1, 0.15) is 17.5 Å². The minimum atomic E-state index is -3.72. The molecule has 6 nitrogen and oxygen atoms in total. The highest BCUT2D eigenvalue weighted by Gasteiger charge is 2.29. The number of rotatable bonds is 7. The van der Waals surface area contributed by atoms with Gasteiger partial charge in [-0.15, -0.1) is 0 Å². The molecule has 0 aliphatic heterocycles. The van der Waals surface area contributed by atoms with Gasteiger partial charge in [0, 0.05) is 10.2 Å². The summed E-state index contributed by atoms with van der Waals surface area (Å²) in [6.45, 7) is 3.46. The fraction of sp³-hybridized carbons (Fsp3) is 0.174. The van der Waals surface area contributed by atoms with Crippen LogP contribution in [0.4, 0.5) is 11.4 Å². The van der Waals surface area contributed by atoms with E-state index in [1.165, 1.54) is 0 Å². The van der Waals surface area contributed by atoms with Gasteiger partial charge < -0.3 is 10.1 Å². The van der Waals surface area contributed by atoms with E-state index in [2.05, 4.69) is 21.2 Å². The van der Waals surface area contributed by atoms with Crippen LogP contribution in [0.5, 0.6) is 11.5 Å². The van der Waals surface area contributed by atoms with Gasteiger partial charge in [-0.2, -0.15) is 0 Å². The molecule has 162 valence electrons. The van der Waals surface area contributed by atoms with E-state index in [9.17, 15) is 13.2 Å². The zero-order valence-corrected chi connectivity index (χ0v) is 19.8. The lowest BCUT2D eigenvalue weighted by atomic mass is 10.2. The van der Waals surface area contributed by atoms with Crippen LogP contribution in [0.2, 0.25) is 0 Å². The predicted molar refractivity (Wildman–Crippen MR) is 127 cm³/mol. The maximum absolute atomic E-state index is 12.8. The van der Waals surface area contributed by atoms with Gasteiger partial charge in [-0.25, -0.2) is 8.42 Å². The van der Waals surface area contributed by atoms with Crippen molar-refractivity contribution in [1.29, 1.82) is 0 Å². The number of para-hydroxylation sites is 1. The second kappa shape index (κ2) is 9.53. The van der Waals surface area contributed by atoms with E-state index in [0.717, 1.165) is 20.6 Å². The highest BCUT2D eigenvalue weighted by molar-refractivity contribution is 9.10. The summed E-state index contributed by atoms with van der Waals surface area (Å²) < 4.78 is 32.8. The molecule has 0 aliphatic carbocycles. The predicted octanol–water partition coefficient (Wildman–Crippen LogP) is 5.34. The Hall–Kier alpha value is -2.84. The first-order chi connectivity index (χ1) is 14.6. The number of aryl methyl sites for hydroxylation is 1. The van der Waals surface area contributed by atoms with Crippen molar-refractivity contribution in [3.8, 4) is 11.5 Å². The number of carbonyl (C=O) groups excluding carboxylic acids is 1. The van der Waals surface area contributed by atoms with Crippen LogP contribution in [0.1, 0.15) is 12.5 Å². The average molecular weight is 503 g/mol. The van der Waals surface area contributed by atoms with Gasteiger partial charge in [0.15, 0.2) is 0 Å². The van der Waals surface area contributed by atoms with E-state index in [1.54, 1.807) is 37.3 Å². The number of nitrogens with one attached hydrogen (secondary N) is 1. The molecule has 0 fully saturated rings. The molecule has 0 radical (unpaired) electrons. The normalized spacial score (nSPS) is 12.1. The van der Waals surface area contributed by atoms with Crippen LogP contribution in [0.3, 0.4) is 0 Å². The number of ether oxygens (including phenoxy) is 1. The zero-order valence-electron chi connectivity index (χ0n) is 17.4. The van der Waals surface area contributed by atoms with E-state index < -0.39 is 22.0 Å². The summed E-state index contributed by atoms with van der Waals surface area (Å²) in [5.74, 6) is 0.801. The molecule has 0 saturated carbocycles. The summed E-state index contributed by atoms with van der Waals surface area (Å²) in [5.41, 5.74) is 1.93. The van der Waals surface area contributed by atoms with Gasteiger partial charge in [-0.1, -0.05) is 34.1 Å². The number of anilines is 2. The highest BCUT2D eigenvalue weighted by Crippen LogP contribution is 2.27. The van der Waals surface area contributed by atoms with Crippen LogP contribution in [0.15, 0.2) is 77.3 Å². The quantitative estimate of drug-likeness (QED) is 0.472. The molecule has 0 unspecified atom stereocenters. The lowest BCUT2D eigenvalue weighted by molar-refractivity contribution is -0.116. The van der Waals surface area contributed by atoms with Crippen LogP contribution in [-0.4, -0.2) is 26.6 Å². The van der Waals surface area contributed by atoms with Gasteiger partial charge in [0.2, 0.25) is 15.9 Å². The summed E-state index contributed by atoms with van der Waals surface area (Å²) in [5, 5.41) is 2.79. The molecule has 3 aromatic carbocycles. The lowest BCUT2D eigenvalue weighted by Gasteiger charge is -2.28. The first kappa shape index (κ1) is 22.8. The molecule has 0 aliphatic rings. The van der Waals surface area contributed by atoms with Crippen LogP contribution in [0.25, 0.3) is 0 Å². The molecule has 31 heavy (non-hydrogen) atoms. The Kier molecular flexibility index (Phi) is 7.02. The van der Waals surface area contributed by atoms with Gasteiger partial charge >= 0.3 is 0 Å². The minimum Gasteiger partial charge on any atom is -0.457 e. The summed E-state index contributed by atoms with van der Waals surface area (Å²) in [7, 11) is -3.72. The molecule has 0 aromatic heterocycles. The Balaban J connectivity index is 1.80. The molecular weight excluding hydrogens is 480 g/mol. The number of halogens is 1. The second-order valence-electron chi connectivity index (χ2n) is 7.10. The van der Waals surface area contributed by atoms with Crippen molar-refractivity contribution in [3.63, 3.8) is 0 Å². The van der Waals surface area contributed by atoms with E-state index in [0.29, 0.717) is 22.9 Å². The monoisotopic (exact) mass is 502 g/mol. The summed E-state index contributed by atoms with van der Waals surface area (Å²) in [6, 6.07) is 20.3. The van der Waals surface area contributed by atoms with Gasteiger partial charge in [-0.05, 0) is 74.0 Å². The van der Waals surface area contributed by atoms with Crippen LogP contribution < -0.4 is 14.4 Å². The number of nitrogens with zero attached hydrogens (tertiary/aromatic N) is 1. The van der Waals surface area contributed by atoms with Crippen molar-refractivity contribution in [3.05, 3.63) is 82.8 Å². The molecule has 0 heterocycles. The lowest BCUT2D eigenvalue weighted by Crippen LogP contribution is -2.45. The first-order valence-electron chi connectivity index (χ1n) is 9.54. The molecule has 0 saturated heterocycles. The molecule has 0 bridgehead atoms.